The summed E-state index contributed by atoms with van der Waals surface area (Å²) in [6, 6.07) is 10.9. The lowest BCUT2D eigenvalue weighted by Gasteiger charge is -2.14. The predicted molar refractivity (Wildman–Crippen MR) is 85.6 cm³/mol. The van der Waals surface area contributed by atoms with Crippen molar-refractivity contribution >= 4 is 39.1 Å². The summed E-state index contributed by atoms with van der Waals surface area (Å²) in [5.74, 6) is 0.616. The van der Waals surface area contributed by atoms with E-state index in [0.29, 0.717) is 15.8 Å². The second kappa shape index (κ2) is 6.81. The van der Waals surface area contributed by atoms with E-state index in [4.69, 9.17) is 27.9 Å². The van der Waals surface area contributed by atoms with Gasteiger partial charge in [0.1, 0.15) is 12.4 Å². The SMILES string of the molecule is C[C@H](O)c1ccc(Br)cc1OCc1cccc(Cl)c1Cl. The lowest BCUT2D eigenvalue weighted by atomic mass is 10.1. The zero-order chi connectivity index (χ0) is 14.7. The number of hydrogen-bond acceptors (Lipinski definition) is 2. The van der Waals surface area contributed by atoms with E-state index in [1.165, 1.54) is 0 Å². The van der Waals surface area contributed by atoms with Gasteiger partial charge in [-0.3, -0.25) is 0 Å². The molecule has 0 unspecified atom stereocenters. The van der Waals surface area contributed by atoms with Crippen LogP contribution < -0.4 is 4.74 Å². The zero-order valence-corrected chi connectivity index (χ0v) is 13.8. The summed E-state index contributed by atoms with van der Waals surface area (Å²) >= 11 is 15.5. The number of hydrogen-bond donors (Lipinski definition) is 1. The Hall–Kier alpha value is -0.740. The molecule has 0 saturated carbocycles. The van der Waals surface area contributed by atoms with Crippen LogP contribution >= 0.6 is 39.1 Å². The molecule has 0 radical (unpaired) electrons. The van der Waals surface area contributed by atoms with Crippen LogP contribution in [-0.2, 0) is 6.61 Å². The van der Waals surface area contributed by atoms with Gasteiger partial charge in [-0.1, -0.05) is 57.3 Å². The molecule has 0 heterocycles. The molecule has 2 aromatic rings. The summed E-state index contributed by atoms with van der Waals surface area (Å²) in [6.45, 7) is 1.98. The number of ether oxygens (including phenoxy) is 1. The smallest absolute Gasteiger partial charge is 0.126 e. The van der Waals surface area contributed by atoms with Gasteiger partial charge in [-0.05, 0) is 25.1 Å². The van der Waals surface area contributed by atoms with Crippen molar-refractivity contribution < 1.29 is 9.84 Å². The number of benzene rings is 2. The second-order valence-electron chi connectivity index (χ2n) is 4.36. The van der Waals surface area contributed by atoms with E-state index in [-0.39, 0.29) is 6.61 Å². The van der Waals surface area contributed by atoms with Gasteiger partial charge in [0, 0.05) is 15.6 Å². The fourth-order valence-electron chi connectivity index (χ4n) is 1.79. The first-order chi connectivity index (χ1) is 9.49. The molecule has 5 heteroatoms. The minimum atomic E-state index is -0.604. The van der Waals surface area contributed by atoms with Crippen molar-refractivity contribution in [3.05, 3.63) is 62.0 Å². The molecule has 2 aromatic carbocycles. The molecule has 1 atom stereocenters. The first-order valence-corrected chi connectivity index (χ1v) is 7.57. The molecule has 2 nitrogen and oxygen atoms in total. The van der Waals surface area contributed by atoms with E-state index in [1.807, 2.05) is 30.3 Å². The van der Waals surface area contributed by atoms with Gasteiger partial charge in [0.15, 0.2) is 0 Å². The molecule has 0 aliphatic heterocycles. The van der Waals surface area contributed by atoms with Crippen LogP contribution in [0.2, 0.25) is 10.0 Å². The third kappa shape index (κ3) is 3.67. The summed E-state index contributed by atoms with van der Waals surface area (Å²) in [5.41, 5.74) is 1.53. The molecule has 0 saturated heterocycles. The fraction of sp³-hybridized carbons (Fsp3) is 0.200. The summed E-state index contributed by atoms with van der Waals surface area (Å²) in [6.07, 6.45) is -0.604. The van der Waals surface area contributed by atoms with Crippen LogP contribution in [0.1, 0.15) is 24.2 Å². The van der Waals surface area contributed by atoms with Crippen LogP contribution in [-0.4, -0.2) is 5.11 Å². The van der Waals surface area contributed by atoms with Crippen LogP contribution in [0.15, 0.2) is 40.9 Å². The van der Waals surface area contributed by atoms with Crippen molar-refractivity contribution in [2.75, 3.05) is 0 Å². The fourth-order valence-corrected chi connectivity index (χ4v) is 2.51. The predicted octanol–water partition coefficient (Wildman–Crippen LogP) is 5.39. The summed E-state index contributed by atoms with van der Waals surface area (Å²) in [7, 11) is 0. The van der Waals surface area contributed by atoms with Crippen molar-refractivity contribution in [2.45, 2.75) is 19.6 Å². The minimum Gasteiger partial charge on any atom is -0.488 e. The van der Waals surface area contributed by atoms with Gasteiger partial charge in [0.25, 0.3) is 0 Å². The van der Waals surface area contributed by atoms with Crippen molar-refractivity contribution in [1.82, 2.24) is 0 Å². The maximum Gasteiger partial charge on any atom is 0.126 e. The van der Waals surface area contributed by atoms with Crippen LogP contribution in [0.3, 0.4) is 0 Å². The summed E-state index contributed by atoms with van der Waals surface area (Å²) in [5, 5.41) is 10.7. The number of halogens is 3. The Morgan fingerprint density at radius 1 is 1.25 bits per heavy atom. The molecular formula is C15H13BrCl2O2. The molecule has 0 amide bonds. The number of rotatable bonds is 4. The quantitative estimate of drug-likeness (QED) is 0.776. The van der Waals surface area contributed by atoms with Crippen LogP contribution in [0, 0.1) is 0 Å². The topological polar surface area (TPSA) is 29.5 Å². The largest absolute Gasteiger partial charge is 0.488 e. The maximum atomic E-state index is 9.75. The van der Waals surface area contributed by atoms with Gasteiger partial charge in [0.2, 0.25) is 0 Å². The number of aliphatic hydroxyl groups excluding tert-OH is 1. The summed E-state index contributed by atoms with van der Waals surface area (Å²) in [4.78, 5) is 0. The highest BCUT2D eigenvalue weighted by Crippen LogP contribution is 2.31. The van der Waals surface area contributed by atoms with Crippen LogP contribution in [0.4, 0.5) is 0 Å². The number of aliphatic hydroxyl groups is 1. The average Bonchev–Trinajstić information content (AvgIpc) is 2.40. The molecule has 0 aliphatic rings. The molecule has 2 rings (SSSR count). The van der Waals surface area contributed by atoms with Gasteiger partial charge in [-0.25, -0.2) is 0 Å². The van der Waals surface area contributed by atoms with E-state index in [2.05, 4.69) is 15.9 Å². The highest BCUT2D eigenvalue weighted by atomic mass is 79.9. The lowest BCUT2D eigenvalue weighted by Crippen LogP contribution is -2.01. The zero-order valence-electron chi connectivity index (χ0n) is 10.7. The Morgan fingerprint density at radius 2 is 2.00 bits per heavy atom. The lowest BCUT2D eigenvalue weighted by molar-refractivity contribution is 0.190. The van der Waals surface area contributed by atoms with E-state index >= 15 is 0 Å². The molecule has 106 valence electrons. The monoisotopic (exact) mass is 374 g/mol. The molecule has 0 aliphatic carbocycles. The Labute approximate surface area is 136 Å². The first kappa shape index (κ1) is 15.6. The first-order valence-electron chi connectivity index (χ1n) is 6.02. The molecule has 0 aromatic heterocycles. The summed E-state index contributed by atoms with van der Waals surface area (Å²) < 4.78 is 6.65. The molecule has 1 N–H and O–H groups in total. The molecule has 20 heavy (non-hydrogen) atoms. The Bertz CT molecular complexity index is 615. The Kier molecular flexibility index (Phi) is 5.33. The van der Waals surface area contributed by atoms with Crippen molar-refractivity contribution in [3.63, 3.8) is 0 Å². The highest BCUT2D eigenvalue weighted by Gasteiger charge is 2.11. The third-order valence-electron chi connectivity index (χ3n) is 2.84. The minimum absolute atomic E-state index is 0.287. The normalized spacial score (nSPS) is 12.2. The highest BCUT2D eigenvalue weighted by molar-refractivity contribution is 9.10. The molecule has 0 fully saturated rings. The molecule has 0 bridgehead atoms. The standard InChI is InChI=1S/C15H13BrCl2O2/c1-9(19)12-6-5-11(16)7-14(12)20-8-10-3-2-4-13(17)15(10)18/h2-7,9,19H,8H2,1H3/t9-/m0/s1. The van der Waals surface area contributed by atoms with E-state index in [1.54, 1.807) is 13.0 Å². The van der Waals surface area contributed by atoms with Crippen LogP contribution in [0.5, 0.6) is 5.75 Å². The molecular weight excluding hydrogens is 363 g/mol. The Balaban J connectivity index is 2.22. The van der Waals surface area contributed by atoms with Crippen LogP contribution in [0.25, 0.3) is 0 Å². The van der Waals surface area contributed by atoms with Crippen molar-refractivity contribution in [3.8, 4) is 5.75 Å². The van der Waals surface area contributed by atoms with Gasteiger partial charge in [-0.2, -0.15) is 0 Å². The molecule has 0 spiro atoms. The van der Waals surface area contributed by atoms with Crippen molar-refractivity contribution in [2.24, 2.45) is 0 Å². The van der Waals surface area contributed by atoms with E-state index < -0.39 is 6.10 Å². The maximum absolute atomic E-state index is 9.75. The second-order valence-corrected chi connectivity index (χ2v) is 6.06. The van der Waals surface area contributed by atoms with E-state index in [0.717, 1.165) is 15.6 Å². The Morgan fingerprint density at radius 3 is 2.70 bits per heavy atom. The van der Waals surface area contributed by atoms with Gasteiger partial charge >= 0.3 is 0 Å². The van der Waals surface area contributed by atoms with E-state index in [9.17, 15) is 5.11 Å². The van der Waals surface area contributed by atoms with Crippen molar-refractivity contribution in [1.29, 1.82) is 0 Å². The third-order valence-corrected chi connectivity index (χ3v) is 4.19. The average molecular weight is 376 g/mol. The van der Waals surface area contributed by atoms with Gasteiger partial charge < -0.3 is 9.84 Å². The van der Waals surface area contributed by atoms with Gasteiger partial charge in [0.05, 0.1) is 16.1 Å². The van der Waals surface area contributed by atoms with Gasteiger partial charge in [-0.15, -0.1) is 0 Å².